The van der Waals surface area contributed by atoms with E-state index in [-0.39, 0.29) is 0 Å². The van der Waals surface area contributed by atoms with Crippen molar-refractivity contribution in [2.24, 2.45) is 10.7 Å². The lowest BCUT2D eigenvalue weighted by Crippen LogP contribution is -2.22. The van der Waals surface area contributed by atoms with Crippen molar-refractivity contribution in [1.29, 1.82) is 0 Å². The van der Waals surface area contributed by atoms with Crippen molar-refractivity contribution in [3.8, 4) is 11.5 Å². The second-order valence-electron chi connectivity index (χ2n) is 6.28. The fourth-order valence-electron chi connectivity index (χ4n) is 2.89. The van der Waals surface area contributed by atoms with Crippen molar-refractivity contribution < 1.29 is 9.47 Å². The second kappa shape index (κ2) is 8.26. The van der Waals surface area contributed by atoms with Crippen LogP contribution in [0.4, 0.5) is 5.69 Å². The predicted octanol–water partition coefficient (Wildman–Crippen LogP) is 3.82. The number of para-hydroxylation sites is 1. The van der Waals surface area contributed by atoms with Crippen LogP contribution in [-0.2, 0) is 6.42 Å². The van der Waals surface area contributed by atoms with Crippen LogP contribution in [0.5, 0.6) is 11.5 Å². The van der Waals surface area contributed by atoms with E-state index in [1.165, 1.54) is 4.70 Å². The maximum Gasteiger partial charge on any atom is 0.193 e. The summed E-state index contributed by atoms with van der Waals surface area (Å²) >= 11 is 1.74. The van der Waals surface area contributed by atoms with Crippen LogP contribution < -0.4 is 20.5 Å². The van der Waals surface area contributed by atoms with Gasteiger partial charge in [0.15, 0.2) is 17.5 Å². The molecule has 0 atom stereocenters. The van der Waals surface area contributed by atoms with Crippen molar-refractivity contribution in [3.63, 3.8) is 0 Å². The summed E-state index contributed by atoms with van der Waals surface area (Å²) in [7, 11) is 0. The summed E-state index contributed by atoms with van der Waals surface area (Å²) in [6.45, 7) is 1.99. The Morgan fingerprint density at radius 2 is 2.00 bits per heavy atom. The van der Waals surface area contributed by atoms with E-state index in [1.807, 2.05) is 36.4 Å². The minimum Gasteiger partial charge on any atom is -0.490 e. The van der Waals surface area contributed by atoms with Crippen LogP contribution in [0.15, 0.2) is 47.5 Å². The van der Waals surface area contributed by atoms with Gasteiger partial charge in [-0.2, -0.15) is 0 Å². The van der Waals surface area contributed by atoms with Gasteiger partial charge in [-0.1, -0.05) is 12.1 Å². The summed E-state index contributed by atoms with van der Waals surface area (Å²) in [5.41, 5.74) is 7.91. The van der Waals surface area contributed by atoms with Crippen molar-refractivity contribution >= 4 is 33.2 Å². The maximum absolute atomic E-state index is 6.01. The first-order chi connectivity index (χ1) is 13.3. The van der Waals surface area contributed by atoms with Gasteiger partial charge in [-0.25, -0.2) is 4.98 Å². The first-order valence-corrected chi connectivity index (χ1v) is 9.91. The molecule has 0 saturated carbocycles. The van der Waals surface area contributed by atoms with Crippen LogP contribution in [0, 0.1) is 0 Å². The van der Waals surface area contributed by atoms with Gasteiger partial charge in [0.25, 0.3) is 0 Å². The van der Waals surface area contributed by atoms with Gasteiger partial charge in [0.05, 0.1) is 28.4 Å². The Hall–Kier alpha value is -2.80. The number of ether oxygens (including phenoxy) is 2. The van der Waals surface area contributed by atoms with Gasteiger partial charge in [-0.05, 0) is 30.7 Å². The first-order valence-electron chi connectivity index (χ1n) is 9.09. The molecule has 2 heterocycles. The molecule has 1 aliphatic heterocycles. The second-order valence-corrected chi connectivity index (χ2v) is 7.40. The highest BCUT2D eigenvalue weighted by molar-refractivity contribution is 7.18. The van der Waals surface area contributed by atoms with Gasteiger partial charge in [-0.15, -0.1) is 11.3 Å². The molecule has 0 unspecified atom stereocenters. The number of anilines is 1. The number of fused-ring (bicyclic) bond motifs is 2. The van der Waals surface area contributed by atoms with E-state index >= 15 is 0 Å². The Morgan fingerprint density at radius 1 is 1.15 bits per heavy atom. The van der Waals surface area contributed by atoms with E-state index in [0.717, 1.165) is 47.0 Å². The Kier molecular flexibility index (Phi) is 5.39. The van der Waals surface area contributed by atoms with Crippen molar-refractivity contribution in [2.75, 3.05) is 25.1 Å². The summed E-state index contributed by atoms with van der Waals surface area (Å²) in [4.78, 5) is 9.05. The predicted molar refractivity (Wildman–Crippen MR) is 110 cm³/mol. The highest BCUT2D eigenvalue weighted by Gasteiger charge is 2.10. The molecule has 0 bridgehead atoms. The summed E-state index contributed by atoms with van der Waals surface area (Å²) in [5, 5.41) is 4.25. The lowest BCUT2D eigenvalue weighted by Gasteiger charge is -2.10. The number of aliphatic imine (C=N–C) groups is 1. The molecule has 3 N–H and O–H groups in total. The Bertz CT molecular complexity index is 921. The van der Waals surface area contributed by atoms with E-state index in [1.54, 1.807) is 11.3 Å². The zero-order chi connectivity index (χ0) is 18.5. The molecule has 0 amide bonds. The fraction of sp³-hybridized carbons (Fsp3) is 0.300. The number of nitrogens with zero attached hydrogens (tertiary/aromatic N) is 2. The van der Waals surface area contributed by atoms with Crippen molar-refractivity contribution in [3.05, 3.63) is 47.5 Å². The number of aromatic nitrogens is 1. The first kappa shape index (κ1) is 17.6. The molecule has 6 nitrogen and oxygen atoms in total. The van der Waals surface area contributed by atoms with Crippen molar-refractivity contribution in [2.45, 2.75) is 19.3 Å². The largest absolute Gasteiger partial charge is 0.490 e. The minimum atomic E-state index is 0.397. The Balaban J connectivity index is 1.30. The molecule has 7 heteroatoms. The number of nitrogens with one attached hydrogen (secondary N) is 1. The van der Waals surface area contributed by atoms with Crippen LogP contribution >= 0.6 is 11.3 Å². The van der Waals surface area contributed by atoms with E-state index < -0.39 is 0 Å². The smallest absolute Gasteiger partial charge is 0.193 e. The van der Waals surface area contributed by atoms with Crippen LogP contribution in [0.1, 0.15) is 17.8 Å². The lowest BCUT2D eigenvalue weighted by atomic mass is 10.3. The third kappa shape index (κ3) is 4.49. The fourth-order valence-corrected chi connectivity index (χ4v) is 3.89. The number of hydrogen-bond donors (Lipinski definition) is 2. The van der Waals surface area contributed by atoms with Crippen molar-refractivity contribution in [1.82, 2.24) is 4.98 Å². The summed E-state index contributed by atoms with van der Waals surface area (Å²) in [5.74, 6) is 1.90. The monoisotopic (exact) mass is 382 g/mol. The molecule has 4 rings (SSSR count). The summed E-state index contributed by atoms with van der Waals surface area (Å²) in [6, 6.07) is 13.9. The van der Waals surface area contributed by atoms with Gasteiger partial charge in [0.2, 0.25) is 0 Å². The highest BCUT2D eigenvalue weighted by atomic mass is 32.1. The third-order valence-corrected chi connectivity index (χ3v) is 5.29. The molecule has 1 aromatic heterocycles. The Morgan fingerprint density at radius 3 is 2.89 bits per heavy atom. The third-order valence-electron chi connectivity index (χ3n) is 4.19. The molecule has 0 fully saturated rings. The van der Waals surface area contributed by atoms with Crippen LogP contribution in [0.25, 0.3) is 10.2 Å². The Labute approximate surface area is 162 Å². The van der Waals surface area contributed by atoms with Crippen LogP contribution in [0.3, 0.4) is 0 Å². The maximum atomic E-state index is 6.01. The van der Waals surface area contributed by atoms with E-state index in [0.29, 0.717) is 25.7 Å². The molecule has 27 heavy (non-hydrogen) atoms. The quantitative estimate of drug-likeness (QED) is 0.398. The number of aryl methyl sites for hydroxylation is 1. The SMILES string of the molecule is NC(=NCCCc1nc2ccccc2s1)Nc1ccc2c(c1)OCCCO2. The summed E-state index contributed by atoms with van der Waals surface area (Å²) in [6.07, 6.45) is 2.69. The van der Waals surface area contributed by atoms with Gasteiger partial charge in [0, 0.05) is 31.1 Å². The molecule has 0 spiro atoms. The van der Waals surface area contributed by atoms with Gasteiger partial charge >= 0.3 is 0 Å². The topological polar surface area (TPSA) is 81.8 Å². The van der Waals surface area contributed by atoms with E-state index in [9.17, 15) is 0 Å². The van der Waals surface area contributed by atoms with Crippen LogP contribution in [0.2, 0.25) is 0 Å². The summed E-state index contributed by atoms with van der Waals surface area (Å²) < 4.78 is 12.6. The van der Waals surface area contributed by atoms with Gasteiger partial charge in [-0.3, -0.25) is 4.99 Å². The number of benzene rings is 2. The number of thiazole rings is 1. The number of rotatable bonds is 5. The molecule has 2 aromatic carbocycles. The highest BCUT2D eigenvalue weighted by Crippen LogP contribution is 2.32. The average molecular weight is 382 g/mol. The molecular formula is C20H22N4O2S. The number of nitrogens with two attached hydrogens (primary N) is 1. The normalized spacial score (nSPS) is 14.1. The van der Waals surface area contributed by atoms with E-state index in [4.69, 9.17) is 15.2 Å². The van der Waals surface area contributed by atoms with E-state index in [2.05, 4.69) is 21.4 Å². The molecule has 0 radical (unpaired) electrons. The zero-order valence-electron chi connectivity index (χ0n) is 15.0. The van der Waals surface area contributed by atoms with Gasteiger partial charge < -0.3 is 20.5 Å². The van der Waals surface area contributed by atoms with Crippen LogP contribution in [-0.4, -0.2) is 30.7 Å². The zero-order valence-corrected chi connectivity index (χ0v) is 15.8. The lowest BCUT2D eigenvalue weighted by molar-refractivity contribution is 0.297. The molecule has 140 valence electrons. The average Bonchev–Trinajstić information content (AvgIpc) is 2.95. The molecule has 0 aliphatic carbocycles. The minimum absolute atomic E-state index is 0.397. The number of hydrogen-bond acceptors (Lipinski definition) is 5. The number of guanidine groups is 1. The standard InChI is InChI=1S/C20H22N4O2S/c21-20(23-14-8-9-16-17(13-14)26-12-4-11-25-16)22-10-3-7-19-24-15-5-1-2-6-18(15)27-19/h1-2,5-6,8-9,13H,3-4,7,10-12H2,(H3,21,22,23). The molecular weight excluding hydrogens is 360 g/mol. The van der Waals surface area contributed by atoms with Gasteiger partial charge in [0.1, 0.15) is 0 Å². The molecule has 3 aromatic rings. The molecule has 0 saturated heterocycles. The molecule has 1 aliphatic rings.